The van der Waals surface area contributed by atoms with E-state index in [1.165, 1.54) is 6.33 Å². The molecule has 5 heteroatoms. The minimum absolute atomic E-state index is 0.256. The number of benzene rings is 1. The number of carboxylic acids is 1. The van der Waals surface area contributed by atoms with Gasteiger partial charge in [-0.05, 0) is 36.5 Å². The number of nitrogens with zero attached hydrogens (tertiary/aromatic N) is 3. The Kier molecular flexibility index (Phi) is 3.27. The van der Waals surface area contributed by atoms with Gasteiger partial charge in [0.05, 0.1) is 11.1 Å². The van der Waals surface area contributed by atoms with Gasteiger partial charge in [-0.25, -0.2) is 14.8 Å². The second-order valence-electron chi connectivity index (χ2n) is 6.39. The molecule has 0 saturated carbocycles. The average Bonchev–Trinajstić information content (AvgIpc) is 2.46. The Bertz CT molecular complexity index is 687. The van der Waals surface area contributed by atoms with E-state index in [2.05, 4.69) is 28.7 Å². The number of hydrogen-bond acceptors (Lipinski definition) is 4. The molecule has 2 aromatic rings. The largest absolute Gasteiger partial charge is 0.478 e. The molecule has 110 valence electrons. The smallest absolute Gasteiger partial charge is 0.335 e. The molecule has 0 spiro atoms. The van der Waals surface area contributed by atoms with Crippen molar-refractivity contribution in [2.45, 2.75) is 26.7 Å². The Morgan fingerprint density at radius 3 is 2.62 bits per heavy atom. The van der Waals surface area contributed by atoms with E-state index in [1.807, 2.05) is 6.07 Å². The van der Waals surface area contributed by atoms with Crippen LogP contribution in [-0.2, 0) is 0 Å². The number of hydrogen-bond donors (Lipinski definition) is 1. The van der Waals surface area contributed by atoms with Gasteiger partial charge >= 0.3 is 5.97 Å². The van der Waals surface area contributed by atoms with Gasteiger partial charge in [0.2, 0.25) is 0 Å². The van der Waals surface area contributed by atoms with Gasteiger partial charge in [-0.15, -0.1) is 0 Å². The Balaban J connectivity index is 1.98. The number of rotatable bonds is 2. The summed E-state index contributed by atoms with van der Waals surface area (Å²) in [5.74, 6) is -0.0239. The fourth-order valence-electron chi connectivity index (χ4n) is 2.75. The average molecular weight is 285 g/mol. The summed E-state index contributed by atoms with van der Waals surface area (Å²) in [4.78, 5) is 21.9. The van der Waals surface area contributed by atoms with E-state index >= 15 is 0 Å². The number of aromatic nitrogens is 2. The molecule has 2 heterocycles. The van der Waals surface area contributed by atoms with Crippen molar-refractivity contribution in [2.24, 2.45) is 5.41 Å². The molecule has 0 amide bonds. The molecule has 1 aliphatic heterocycles. The zero-order chi connectivity index (χ0) is 15.0. The molecule has 0 aliphatic carbocycles. The predicted octanol–water partition coefficient (Wildman–Crippen LogP) is 2.95. The van der Waals surface area contributed by atoms with Crippen LogP contribution in [-0.4, -0.2) is 34.1 Å². The van der Waals surface area contributed by atoms with E-state index < -0.39 is 5.97 Å². The van der Waals surface area contributed by atoms with E-state index in [1.54, 1.807) is 12.1 Å². The van der Waals surface area contributed by atoms with Crippen molar-refractivity contribution >= 4 is 22.7 Å². The highest BCUT2D eigenvalue weighted by Crippen LogP contribution is 2.33. The minimum Gasteiger partial charge on any atom is -0.478 e. The predicted molar refractivity (Wildman–Crippen MR) is 81.7 cm³/mol. The summed E-state index contributed by atoms with van der Waals surface area (Å²) < 4.78 is 0. The summed E-state index contributed by atoms with van der Waals surface area (Å²) in [7, 11) is 0. The van der Waals surface area contributed by atoms with Crippen LogP contribution < -0.4 is 4.90 Å². The third-order valence-electron chi connectivity index (χ3n) is 4.28. The molecule has 1 saturated heterocycles. The summed E-state index contributed by atoms with van der Waals surface area (Å²) in [6.07, 6.45) is 3.78. The van der Waals surface area contributed by atoms with E-state index in [0.717, 1.165) is 37.1 Å². The van der Waals surface area contributed by atoms with E-state index in [9.17, 15) is 4.79 Å². The van der Waals surface area contributed by atoms with Crippen LogP contribution in [0.1, 0.15) is 37.0 Å². The summed E-state index contributed by atoms with van der Waals surface area (Å²) >= 11 is 0. The monoisotopic (exact) mass is 285 g/mol. The third kappa shape index (κ3) is 2.68. The van der Waals surface area contributed by atoms with Gasteiger partial charge in [0.25, 0.3) is 0 Å². The highest BCUT2D eigenvalue weighted by Gasteiger charge is 2.26. The Morgan fingerprint density at radius 2 is 1.95 bits per heavy atom. The number of piperidine rings is 1. The van der Waals surface area contributed by atoms with Crippen LogP contribution in [0.2, 0.25) is 0 Å². The second-order valence-corrected chi connectivity index (χ2v) is 6.39. The summed E-state index contributed by atoms with van der Waals surface area (Å²) in [5.41, 5.74) is 1.33. The van der Waals surface area contributed by atoms with Crippen molar-refractivity contribution in [3.8, 4) is 0 Å². The number of aromatic carboxylic acids is 1. The topological polar surface area (TPSA) is 66.3 Å². The first-order valence-corrected chi connectivity index (χ1v) is 7.19. The lowest BCUT2D eigenvalue weighted by molar-refractivity contribution is 0.0697. The zero-order valence-corrected chi connectivity index (χ0v) is 12.3. The fourth-order valence-corrected chi connectivity index (χ4v) is 2.75. The first-order valence-electron chi connectivity index (χ1n) is 7.19. The molecule has 5 nitrogen and oxygen atoms in total. The van der Waals surface area contributed by atoms with Gasteiger partial charge in [-0.1, -0.05) is 13.8 Å². The lowest BCUT2D eigenvalue weighted by Gasteiger charge is -2.37. The van der Waals surface area contributed by atoms with Crippen LogP contribution in [0.25, 0.3) is 10.9 Å². The Labute approximate surface area is 123 Å². The summed E-state index contributed by atoms with van der Waals surface area (Å²) in [5, 5.41) is 9.98. The van der Waals surface area contributed by atoms with Crippen LogP contribution in [0.5, 0.6) is 0 Å². The maximum Gasteiger partial charge on any atom is 0.335 e. The highest BCUT2D eigenvalue weighted by molar-refractivity contribution is 5.96. The lowest BCUT2D eigenvalue weighted by atomic mass is 9.82. The molecule has 0 atom stereocenters. The molecule has 0 radical (unpaired) electrons. The Hall–Kier alpha value is -2.17. The van der Waals surface area contributed by atoms with Crippen molar-refractivity contribution < 1.29 is 9.90 Å². The van der Waals surface area contributed by atoms with Gasteiger partial charge in [-0.3, -0.25) is 0 Å². The molecular weight excluding hydrogens is 266 g/mol. The molecule has 1 aromatic heterocycles. The first kappa shape index (κ1) is 13.8. The fraction of sp³-hybridized carbons (Fsp3) is 0.438. The van der Waals surface area contributed by atoms with Gasteiger partial charge in [-0.2, -0.15) is 0 Å². The van der Waals surface area contributed by atoms with Crippen molar-refractivity contribution in [3.63, 3.8) is 0 Å². The number of carboxylic acid groups (broad SMARTS) is 1. The van der Waals surface area contributed by atoms with Crippen molar-refractivity contribution in [1.29, 1.82) is 0 Å². The van der Waals surface area contributed by atoms with Crippen LogP contribution >= 0.6 is 0 Å². The molecule has 0 unspecified atom stereocenters. The van der Waals surface area contributed by atoms with Crippen molar-refractivity contribution in [1.82, 2.24) is 9.97 Å². The van der Waals surface area contributed by atoms with Crippen molar-refractivity contribution in [2.75, 3.05) is 18.0 Å². The molecule has 1 N–H and O–H groups in total. The maximum absolute atomic E-state index is 11.0. The summed E-state index contributed by atoms with van der Waals surface area (Å²) in [6.45, 7) is 6.53. The van der Waals surface area contributed by atoms with Crippen LogP contribution in [0, 0.1) is 5.41 Å². The molecule has 21 heavy (non-hydrogen) atoms. The normalized spacial score (nSPS) is 17.9. The van der Waals surface area contributed by atoms with Gasteiger partial charge in [0.15, 0.2) is 0 Å². The van der Waals surface area contributed by atoms with E-state index in [4.69, 9.17) is 5.11 Å². The lowest BCUT2D eigenvalue weighted by Crippen LogP contribution is -2.37. The van der Waals surface area contributed by atoms with Gasteiger partial charge < -0.3 is 10.0 Å². The van der Waals surface area contributed by atoms with Crippen LogP contribution in [0.4, 0.5) is 5.82 Å². The number of carbonyl (C=O) groups is 1. The molecule has 1 aliphatic rings. The van der Waals surface area contributed by atoms with Crippen molar-refractivity contribution in [3.05, 3.63) is 30.1 Å². The zero-order valence-electron chi connectivity index (χ0n) is 12.3. The number of anilines is 1. The SMILES string of the molecule is CC1(C)CCN(c2ncnc3cc(C(=O)O)ccc23)CC1. The molecular formula is C16H19N3O2. The molecule has 0 bridgehead atoms. The first-order chi connectivity index (χ1) is 9.96. The quantitative estimate of drug-likeness (QED) is 0.919. The van der Waals surface area contributed by atoms with E-state index in [-0.39, 0.29) is 5.56 Å². The Morgan fingerprint density at radius 1 is 1.24 bits per heavy atom. The highest BCUT2D eigenvalue weighted by atomic mass is 16.4. The maximum atomic E-state index is 11.0. The van der Waals surface area contributed by atoms with Gasteiger partial charge in [0.1, 0.15) is 12.1 Å². The van der Waals surface area contributed by atoms with Gasteiger partial charge in [0, 0.05) is 18.5 Å². The number of fused-ring (bicyclic) bond motifs is 1. The van der Waals surface area contributed by atoms with E-state index in [0.29, 0.717) is 10.9 Å². The second kappa shape index (κ2) is 4.98. The van der Waals surface area contributed by atoms with Crippen LogP contribution in [0.15, 0.2) is 24.5 Å². The third-order valence-corrected chi connectivity index (χ3v) is 4.28. The molecule has 1 fully saturated rings. The molecule has 3 rings (SSSR count). The molecule has 1 aromatic carbocycles. The minimum atomic E-state index is -0.934. The van der Waals surface area contributed by atoms with Crippen LogP contribution in [0.3, 0.4) is 0 Å². The standard InChI is InChI=1S/C16H19N3O2/c1-16(2)5-7-19(8-6-16)14-12-4-3-11(15(20)21)9-13(12)17-10-18-14/h3-4,9-10H,5-8H2,1-2H3,(H,20,21). The summed E-state index contributed by atoms with van der Waals surface area (Å²) in [6, 6.07) is 5.04.